The molecule has 0 radical (unpaired) electrons. The van der Waals surface area contributed by atoms with Gasteiger partial charge in [-0.3, -0.25) is 0 Å². The number of aromatic nitrogens is 2. The summed E-state index contributed by atoms with van der Waals surface area (Å²) >= 11 is 1.28. The maximum Gasteiger partial charge on any atom is 0.573 e. The predicted octanol–water partition coefficient (Wildman–Crippen LogP) is 7.01. The number of methoxy groups -OCH3 is 1. The number of anilines is 1. The van der Waals surface area contributed by atoms with Gasteiger partial charge in [-0.25, -0.2) is 19.0 Å². The molecular weight excluding hydrogens is 606 g/mol. The zero-order valence-electron chi connectivity index (χ0n) is 23.2. The van der Waals surface area contributed by atoms with E-state index >= 15 is 0 Å². The fraction of sp³-hybridized carbons (Fsp3) is 0.400. The van der Waals surface area contributed by atoms with Gasteiger partial charge in [0, 0.05) is 36.4 Å². The van der Waals surface area contributed by atoms with Crippen LogP contribution < -0.4 is 9.64 Å². The van der Waals surface area contributed by atoms with Crippen molar-refractivity contribution in [1.29, 1.82) is 0 Å². The summed E-state index contributed by atoms with van der Waals surface area (Å²) in [5, 5.41) is 4.62. The minimum Gasteiger partial charge on any atom is -0.465 e. The summed E-state index contributed by atoms with van der Waals surface area (Å²) in [6, 6.07) is 8.08. The Bertz CT molecular complexity index is 1750. The van der Waals surface area contributed by atoms with Crippen molar-refractivity contribution < 1.29 is 45.9 Å². The molecule has 3 fully saturated rings. The van der Waals surface area contributed by atoms with E-state index in [2.05, 4.69) is 19.8 Å². The van der Waals surface area contributed by atoms with E-state index in [4.69, 9.17) is 14.0 Å². The van der Waals surface area contributed by atoms with Crippen LogP contribution in [0.2, 0.25) is 0 Å². The standard InChI is InChI=1S/C30H25F4N3O6S/c1-40-27(38)15-10-20(31)25-22(11-15)44-29(35-25)37-16-8-9-17(37)13-18(12-16)41-28(39)23-24(36-43-26(23)14-6-7-14)19-4-2-3-5-21(19)42-30(32,33)34/h2-5,10-11,14,16-18H,6-9,12-13H2,1H3/t16-,17+,18?. The predicted molar refractivity (Wildman–Crippen MR) is 149 cm³/mol. The third-order valence-electron chi connectivity index (χ3n) is 8.28. The van der Waals surface area contributed by atoms with Gasteiger partial charge in [0.15, 0.2) is 16.7 Å². The average molecular weight is 632 g/mol. The highest BCUT2D eigenvalue weighted by Crippen LogP contribution is 2.47. The van der Waals surface area contributed by atoms with Crippen molar-refractivity contribution in [3.05, 3.63) is 59.1 Å². The molecule has 0 amide bonds. The first-order valence-corrected chi connectivity index (χ1v) is 14.9. The summed E-state index contributed by atoms with van der Waals surface area (Å²) in [5.41, 5.74) is 0.213. The Morgan fingerprint density at radius 3 is 2.45 bits per heavy atom. The summed E-state index contributed by atoms with van der Waals surface area (Å²) in [4.78, 5) is 32.3. The lowest BCUT2D eigenvalue weighted by Crippen LogP contribution is -2.46. The Balaban J connectivity index is 1.13. The molecule has 2 saturated heterocycles. The molecule has 2 aromatic carbocycles. The molecule has 1 unspecified atom stereocenters. The number of piperidine rings is 1. The van der Waals surface area contributed by atoms with Crippen LogP contribution in [0.3, 0.4) is 0 Å². The van der Waals surface area contributed by atoms with Crippen LogP contribution in [0.1, 0.15) is 70.9 Å². The Labute approximate surface area is 251 Å². The van der Waals surface area contributed by atoms with Gasteiger partial charge in [0.25, 0.3) is 0 Å². The monoisotopic (exact) mass is 631 g/mol. The zero-order valence-corrected chi connectivity index (χ0v) is 24.0. The largest absolute Gasteiger partial charge is 0.573 e. The van der Waals surface area contributed by atoms with E-state index in [9.17, 15) is 27.2 Å². The van der Waals surface area contributed by atoms with Gasteiger partial charge in [-0.2, -0.15) is 0 Å². The summed E-state index contributed by atoms with van der Waals surface area (Å²) in [5.74, 6) is -2.22. The molecule has 230 valence electrons. The third-order valence-corrected chi connectivity index (χ3v) is 9.30. The van der Waals surface area contributed by atoms with E-state index in [0.29, 0.717) is 28.4 Å². The number of carbonyl (C=O) groups excluding carboxylic acids is 2. The topological polar surface area (TPSA) is 104 Å². The second-order valence-corrected chi connectivity index (χ2v) is 12.2. The highest BCUT2D eigenvalue weighted by atomic mass is 32.1. The van der Waals surface area contributed by atoms with Crippen molar-refractivity contribution in [2.45, 2.75) is 69.0 Å². The second-order valence-electron chi connectivity index (χ2n) is 11.2. The lowest BCUT2D eigenvalue weighted by atomic mass is 9.99. The highest BCUT2D eigenvalue weighted by Gasteiger charge is 2.45. The number of para-hydroxylation sites is 1. The number of hydrogen-bond acceptors (Lipinski definition) is 10. The fourth-order valence-electron chi connectivity index (χ4n) is 6.25. The summed E-state index contributed by atoms with van der Waals surface area (Å²) in [6.45, 7) is 0. The number of esters is 2. The van der Waals surface area contributed by atoms with Crippen LogP contribution in [0.5, 0.6) is 5.75 Å². The van der Waals surface area contributed by atoms with Crippen LogP contribution >= 0.6 is 11.3 Å². The van der Waals surface area contributed by atoms with Gasteiger partial charge in [0.1, 0.15) is 28.6 Å². The molecule has 4 heterocycles. The van der Waals surface area contributed by atoms with Crippen LogP contribution in [0.15, 0.2) is 40.9 Å². The molecule has 0 N–H and O–H groups in total. The van der Waals surface area contributed by atoms with Gasteiger partial charge in [0.05, 0.1) is 17.4 Å². The number of benzene rings is 2. The maximum absolute atomic E-state index is 14.8. The zero-order chi connectivity index (χ0) is 30.7. The van der Waals surface area contributed by atoms with Crippen molar-refractivity contribution in [2.24, 2.45) is 0 Å². The third kappa shape index (κ3) is 5.24. The Hall–Kier alpha value is -4.20. The van der Waals surface area contributed by atoms with E-state index < -0.39 is 36.0 Å². The quantitative estimate of drug-likeness (QED) is 0.157. The lowest BCUT2D eigenvalue weighted by Gasteiger charge is -2.38. The van der Waals surface area contributed by atoms with E-state index in [1.165, 1.54) is 36.6 Å². The second kappa shape index (κ2) is 10.8. The first kappa shape index (κ1) is 28.6. The van der Waals surface area contributed by atoms with Crippen molar-refractivity contribution >= 4 is 38.6 Å². The van der Waals surface area contributed by atoms with Crippen LogP contribution in [0, 0.1) is 5.82 Å². The molecule has 2 aromatic heterocycles. The number of alkyl halides is 3. The molecule has 7 rings (SSSR count). The molecule has 2 aliphatic heterocycles. The first-order chi connectivity index (χ1) is 21.1. The van der Waals surface area contributed by atoms with Crippen LogP contribution in [0.4, 0.5) is 22.7 Å². The summed E-state index contributed by atoms with van der Waals surface area (Å²) in [6.07, 6.45) is -1.26. The number of ether oxygens (including phenoxy) is 3. The molecule has 2 bridgehead atoms. The summed E-state index contributed by atoms with van der Waals surface area (Å²) in [7, 11) is 1.23. The van der Waals surface area contributed by atoms with E-state index in [-0.39, 0.29) is 45.9 Å². The number of fused-ring (bicyclic) bond motifs is 3. The molecular formula is C30H25F4N3O6S. The summed E-state index contributed by atoms with van der Waals surface area (Å²) < 4.78 is 75.1. The molecule has 0 spiro atoms. The van der Waals surface area contributed by atoms with Crippen molar-refractivity contribution in [2.75, 3.05) is 12.0 Å². The molecule has 9 nitrogen and oxygen atoms in total. The van der Waals surface area contributed by atoms with Gasteiger partial charge in [0.2, 0.25) is 0 Å². The number of rotatable bonds is 7. The molecule has 4 aromatic rings. The Morgan fingerprint density at radius 1 is 1.05 bits per heavy atom. The lowest BCUT2D eigenvalue weighted by molar-refractivity contribution is -0.274. The molecule has 1 aliphatic carbocycles. The average Bonchev–Trinajstić information content (AvgIpc) is 3.47. The van der Waals surface area contributed by atoms with Crippen molar-refractivity contribution in [1.82, 2.24) is 10.1 Å². The number of halogens is 4. The van der Waals surface area contributed by atoms with Crippen LogP contribution in [-0.4, -0.2) is 53.7 Å². The number of thiazole rings is 1. The minimum absolute atomic E-state index is 0.0172. The first-order valence-electron chi connectivity index (χ1n) is 14.1. The normalized spacial score (nSPS) is 21.5. The van der Waals surface area contributed by atoms with Crippen LogP contribution in [0.25, 0.3) is 21.5 Å². The molecule has 14 heteroatoms. The smallest absolute Gasteiger partial charge is 0.465 e. The van der Waals surface area contributed by atoms with Gasteiger partial charge in [-0.15, -0.1) is 13.2 Å². The number of carbonyl (C=O) groups is 2. The van der Waals surface area contributed by atoms with Gasteiger partial charge in [-0.1, -0.05) is 28.6 Å². The molecule has 3 aliphatic rings. The minimum atomic E-state index is -4.94. The van der Waals surface area contributed by atoms with Crippen molar-refractivity contribution in [3.63, 3.8) is 0 Å². The van der Waals surface area contributed by atoms with E-state index in [1.54, 1.807) is 6.07 Å². The maximum atomic E-state index is 14.8. The molecule has 3 atom stereocenters. The SMILES string of the molecule is COC(=O)c1cc(F)c2nc(N3[C@@H]4CC[C@H]3CC(OC(=O)c3c(-c5ccccc5OC(F)(F)F)noc3C3CC3)C4)sc2c1. The fourth-order valence-corrected chi connectivity index (χ4v) is 7.42. The Kier molecular flexibility index (Phi) is 6.98. The molecule has 1 saturated carbocycles. The highest BCUT2D eigenvalue weighted by molar-refractivity contribution is 7.22. The van der Waals surface area contributed by atoms with Gasteiger partial charge >= 0.3 is 18.3 Å². The van der Waals surface area contributed by atoms with Gasteiger partial charge < -0.3 is 23.6 Å². The van der Waals surface area contributed by atoms with E-state index in [1.807, 2.05) is 0 Å². The van der Waals surface area contributed by atoms with E-state index in [0.717, 1.165) is 37.8 Å². The van der Waals surface area contributed by atoms with Crippen LogP contribution in [-0.2, 0) is 9.47 Å². The number of hydrogen-bond donors (Lipinski definition) is 0. The molecule has 44 heavy (non-hydrogen) atoms. The Morgan fingerprint density at radius 2 is 1.77 bits per heavy atom. The van der Waals surface area contributed by atoms with Crippen molar-refractivity contribution in [3.8, 4) is 17.0 Å². The number of nitrogens with zero attached hydrogens (tertiary/aromatic N) is 3. The van der Waals surface area contributed by atoms with Gasteiger partial charge in [-0.05, 0) is 49.9 Å².